The molecule has 0 saturated heterocycles. The second-order valence-corrected chi connectivity index (χ2v) is 2.73. The Kier molecular flexibility index (Phi) is 5.66. The number of amides is 1. The summed E-state index contributed by atoms with van der Waals surface area (Å²) in [5.41, 5.74) is 2.71. The van der Waals surface area contributed by atoms with Crippen LogP contribution in [-0.4, -0.2) is 15.9 Å². The van der Waals surface area contributed by atoms with Gasteiger partial charge in [0.1, 0.15) is 0 Å². The SMILES string of the molecule is Cl.Cl.NNC(=O)c1ncc2ccccc2n1. The maximum absolute atomic E-state index is 11.1. The van der Waals surface area contributed by atoms with Gasteiger partial charge in [-0.1, -0.05) is 18.2 Å². The molecule has 2 rings (SSSR count). The van der Waals surface area contributed by atoms with Gasteiger partial charge in [0.05, 0.1) is 5.52 Å². The molecule has 0 bridgehead atoms. The van der Waals surface area contributed by atoms with Crippen molar-refractivity contribution in [2.75, 3.05) is 0 Å². The molecule has 0 aliphatic heterocycles. The number of nitrogens with one attached hydrogen (secondary N) is 1. The zero-order valence-electron chi connectivity index (χ0n) is 8.08. The number of halogens is 2. The van der Waals surface area contributed by atoms with Crippen LogP contribution in [0.4, 0.5) is 0 Å². The van der Waals surface area contributed by atoms with Gasteiger partial charge in [-0.15, -0.1) is 24.8 Å². The lowest BCUT2D eigenvalue weighted by Crippen LogP contribution is -2.31. The third-order valence-corrected chi connectivity index (χ3v) is 1.82. The Labute approximate surface area is 104 Å². The first-order chi connectivity index (χ1) is 6.81. The quantitative estimate of drug-likeness (QED) is 0.457. The van der Waals surface area contributed by atoms with Gasteiger partial charge in [-0.2, -0.15) is 0 Å². The number of carbonyl (C=O) groups excluding carboxylic acids is 1. The highest BCUT2D eigenvalue weighted by molar-refractivity contribution is 5.92. The van der Waals surface area contributed by atoms with Crippen LogP contribution in [0.15, 0.2) is 30.5 Å². The van der Waals surface area contributed by atoms with E-state index in [2.05, 4.69) is 9.97 Å². The number of nitrogens with two attached hydrogens (primary N) is 1. The molecule has 16 heavy (non-hydrogen) atoms. The summed E-state index contributed by atoms with van der Waals surface area (Å²) in [5, 5.41) is 0.890. The Balaban J connectivity index is 0.00000112. The third-order valence-electron chi connectivity index (χ3n) is 1.82. The van der Waals surface area contributed by atoms with Gasteiger partial charge in [-0.3, -0.25) is 10.2 Å². The summed E-state index contributed by atoms with van der Waals surface area (Å²) in [6.45, 7) is 0. The monoisotopic (exact) mass is 260 g/mol. The molecule has 0 saturated carbocycles. The standard InChI is InChI=1S/C9H8N4O.2ClH/c10-13-9(14)8-11-5-6-3-1-2-4-7(6)12-8;;/h1-5H,10H2,(H,13,14);2*1H. The lowest BCUT2D eigenvalue weighted by molar-refractivity contribution is 0.0943. The van der Waals surface area contributed by atoms with E-state index in [1.165, 1.54) is 0 Å². The number of hydrazine groups is 1. The smallest absolute Gasteiger partial charge is 0.287 e. The van der Waals surface area contributed by atoms with Crippen LogP contribution in [0.1, 0.15) is 10.6 Å². The van der Waals surface area contributed by atoms with Crippen LogP contribution in [0, 0.1) is 0 Å². The number of benzene rings is 1. The Bertz CT molecular complexity index is 492. The highest BCUT2D eigenvalue weighted by Crippen LogP contribution is 2.08. The van der Waals surface area contributed by atoms with Crippen molar-refractivity contribution < 1.29 is 4.79 Å². The van der Waals surface area contributed by atoms with Crippen molar-refractivity contribution in [1.29, 1.82) is 0 Å². The maximum Gasteiger partial charge on any atom is 0.302 e. The number of nitrogen functional groups attached to an aromatic ring is 1. The highest BCUT2D eigenvalue weighted by Gasteiger charge is 2.06. The summed E-state index contributed by atoms with van der Waals surface area (Å²) < 4.78 is 0. The van der Waals surface area contributed by atoms with E-state index in [9.17, 15) is 4.79 Å². The number of hydrogen-bond acceptors (Lipinski definition) is 4. The van der Waals surface area contributed by atoms with E-state index in [4.69, 9.17) is 5.84 Å². The molecule has 0 atom stereocenters. The first kappa shape index (κ1) is 14.6. The summed E-state index contributed by atoms with van der Waals surface area (Å²) in [6.07, 6.45) is 1.59. The average Bonchev–Trinajstić information content (AvgIpc) is 2.27. The van der Waals surface area contributed by atoms with Crippen LogP contribution in [0.25, 0.3) is 10.9 Å². The van der Waals surface area contributed by atoms with E-state index in [1.807, 2.05) is 29.7 Å². The van der Waals surface area contributed by atoms with E-state index in [1.54, 1.807) is 6.20 Å². The van der Waals surface area contributed by atoms with Gasteiger partial charge < -0.3 is 0 Å². The van der Waals surface area contributed by atoms with Gasteiger partial charge in [0.25, 0.3) is 0 Å². The molecule has 3 N–H and O–H groups in total. The number of rotatable bonds is 1. The molecule has 5 nitrogen and oxygen atoms in total. The van der Waals surface area contributed by atoms with Gasteiger partial charge >= 0.3 is 5.91 Å². The van der Waals surface area contributed by atoms with Crippen molar-refractivity contribution in [3.05, 3.63) is 36.3 Å². The number of hydrogen-bond donors (Lipinski definition) is 2. The lowest BCUT2D eigenvalue weighted by atomic mass is 10.2. The predicted octanol–water partition coefficient (Wildman–Crippen LogP) is 1.08. The van der Waals surface area contributed by atoms with Crippen LogP contribution in [0.3, 0.4) is 0 Å². The predicted molar refractivity (Wildman–Crippen MR) is 65.7 cm³/mol. The fourth-order valence-corrected chi connectivity index (χ4v) is 1.15. The minimum absolute atomic E-state index is 0. The van der Waals surface area contributed by atoms with E-state index in [0.29, 0.717) is 0 Å². The second-order valence-electron chi connectivity index (χ2n) is 2.73. The Morgan fingerprint density at radius 3 is 2.62 bits per heavy atom. The van der Waals surface area contributed by atoms with Gasteiger partial charge in [0.15, 0.2) is 0 Å². The van der Waals surface area contributed by atoms with Gasteiger partial charge in [0.2, 0.25) is 5.82 Å². The molecular weight excluding hydrogens is 251 g/mol. The van der Waals surface area contributed by atoms with Gasteiger partial charge in [0, 0.05) is 11.6 Å². The van der Waals surface area contributed by atoms with E-state index < -0.39 is 5.91 Å². The van der Waals surface area contributed by atoms with E-state index >= 15 is 0 Å². The summed E-state index contributed by atoms with van der Waals surface area (Å²) in [4.78, 5) is 19.0. The number of para-hydroxylation sites is 1. The largest absolute Gasteiger partial charge is 0.302 e. The van der Waals surface area contributed by atoms with Crippen molar-refractivity contribution in [3.8, 4) is 0 Å². The summed E-state index contributed by atoms with van der Waals surface area (Å²) in [7, 11) is 0. The molecule has 0 spiro atoms. The molecule has 0 aliphatic rings. The Hall–Kier alpha value is -1.43. The molecule has 1 amide bonds. The molecular formula is C9H10Cl2N4O. The fraction of sp³-hybridized carbons (Fsp3) is 0. The normalized spacial score (nSPS) is 8.81. The first-order valence-electron chi connectivity index (χ1n) is 4.04. The zero-order valence-corrected chi connectivity index (χ0v) is 9.72. The molecule has 7 heteroatoms. The Morgan fingerprint density at radius 1 is 1.25 bits per heavy atom. The minimum atomic E-state index is -0.490. The molecule has 1 aromatic heterocycles. The van der Waals surface area contributed by atoms with E-state index in [-0.39, 0.29) is 30.6 Å². The van der Waals surface area contributed by atoms with Gasteiger partial charge in [-0.25, -0.2) is 15.8 Å². The van der Waals surface area contributed by atoms with Crippen molar-refractivity contribution in [2.45, 2.75) is 0 Å². The molecule has 0 fully saturated rings. The molecule has 1 aromatic carbocycles. The van der Waals surface area contributed by atoms with Crippen LogP contribution >= 0.6 is 24.8 Å². The number of carbonyl (C=O) groups is 1. The molecule has 0 aliphatic carbocycles. The second kappa shape index (κ2) is 6.22. The van der Waals surface area contributed by atoms with Crippen molar-refractivity contribution in [1.82, 2.24) is 15.4 Å². The summed E-state index contributed by atoms with van der Waals surface area (Å²) in [5.74, 6) is 4.55. The van der Waals surface area contributed by atoms with Crippen molar-refractivity contribution in [2.24, 2.45) is 5.84 Å². The van der Waals surface area contributed by atoms with Gasteiger partial charge in [-0.05, 0) is 6.07 Å². The number of fused-ring (bicyclic) bond motifs is 1. The minimum Gasteiger partial charge on any atom is -0.287 e. The van der Waals surface area contributed by atoms with Crippen molar-refractivity contribution in [3.63, 3.8) is 0 Å². The summed E-state index contributed by atoms with van der Waals surface area (Å²) in [6, 6.07) is 7.41. The molecule has 0 unspecified atom stereocenters. The van der Waals surface area contributed by atoms with Crippen molar-refractivity contribution >= 4 is 41.6 Å². The fourth-order valence-electron chi connectivity index (χ4n) is 1.15. The average molecular weight is 261 g/mol. The Morgan fingerprint density at radius 2 is 1.94 bits per heavy atom. The number of nitrogens with zero attached hydrogens (tertiary/aromatic N) is 2. The van der Waals surface area contributed by atoms with E-state index in [0.717, 1.165) is 10.9 Å². The lowest BCUT2D eigenvalue weighted by Gasteiger charge is -1.99. The maximum atomic E-state index is 11.1. The first-order valence-corrected chi connectivity index (χ1v) is 4.04. The van der Waals surface area contributed by atoms with Crippen LogP contribution in [-0.2, 0) is 0 Å². The van der Waals surface area contributed by atoms with Crippen LogP contribution < -0.4 is 11.3 Å². The zero-order chi connectivity index (χ0) is 9.97. The number of aromatic nitrogens is 2. The summed E-state index contributed by atoms with van der Waals surface area (Å²) >= 11 is 0. The molecule has 1 heterocycles. The van der Waals surface area contributed by atoms with Crippen LogP contribution in [0.5, 0.6) is 0 Å². The topological polar surface area (TPSA) is 80.9 Å². The molecule has 2 aromatic rings. The molecule has 86 valence electrons. The molecule has 0 radical (unpaired) electrons. The highest BCUT2D eigenvalue weighted by atomic mass is 35.5. The van der Waals surface area contributed by atoms with Crippen LogP contribution in [0.2, 0.25) is 0 Å². The third kappa shape index (κ3) is 2.79.